The van der Waals surface area contributed by atoms with Crippen molar-refractivity contribution in [3.05, 3.63) is 0 Å². The first kappa shape index (κ1) is 10.5. The Kier molecular flexibility index (Phi) is 7.23. The van der Waals surface area contributed by atoms with Gasteiger partial charge in [0.1, 0.15) is 0 Å². The second-order valence-corrected chi connectivity index (χ2v) is 2.27. The topological polar surface area (TPSA) is 29.5 Å². The van der Waals surface area contributed by atoms with E-state index in [-0.39, 0.29) is 6.10 Å². The summed E-state index contributed by atoms with van der Waals surface area (Å²) in [7, 11) is 0. The lowest BCUT2D eigenvalue weighted by Crippen LogP contribution is -2.09. The molecule has 0 aliphatic heterocycles. The predicted molar refractivity (Wildman–Crippen MR) is 45.2 cm³/mol. The van der Waals surface area contributed by atoms with Crippen molar-refractivity contribution in [2.75, 3.05) is 13.2 Å². The fourth-order valence-corrected chi connectivity index (χ4v) is 0.686. The second-order valence-electron chi connectivity index (χ2n) is 2.27. The van der Waals surface area contributed by atoms with Crippen LogP contribution in [0.15, 0.2) is 0 Å². The van der Waals surface area contributed by atoms with Crippen LogP contribution >= 0.6 is 0 Å². The van der Waals surface area contributed by atoms with Gasteiger partial charge in [-0.1, -0.05) is 0 Å². The molecule has 0 aromatic heterocycles. The summed E-state index contributed by atoms with van der Waals surface area (Å²) in [5, 5.41) is 9.22. The first-order chi connectivity index (χ1) is 5.31. The summed E-state index contributed by atoms with van der Waals surface area (Å²) in [6.45, 7) is 5.06. The van der Waals surface area contributed by atoms with Crippen molar-refractivity contribution in [2.45, 2.75) is 32.8 Å². The van der Waals surface area contributed by atoms with Gasteiger partial charge >= 0.3 is 0 Å². The van der Waals surface area contributed by atoms with E-state index >= 15 is 0 Å². The second kappa shape index (κ2) is 7.59. The van der Waals surface area contributed by atoms with Crippen molar-refractivity contribution in [1.29, 1.82) is 0 Å². The van der Waals surface area contributed by atoms with Crippen LogP contribution in [0.2, 0.25) is 0 Å². The zero-order chi connectivity index (χ0) is 8.53. The largest absolute Gasteiger partial charge is 0.392 e. The van der Waals surface area contributed by atoms with Crippen molar-refractivity contribution in [1.82, 2.24) is 0 Å². The molecule has 0 aromatic rings. The first-order valence-corrected chi connectivity index (χ1v) is 3.96. The molecule has 0 fully saturated rings. The summed E-state index contributed by atoms with van der Waals surface area (Å²) in [4.78, 5) is 0. The summed E-state index contributed by atoms with van der Waals surface area (Å²) in [5.41, 5.74) is 0. The first-order valence-electron chi connectivity index (χ1n) is 3.96. The molecule has 64 valence electrons. The third-order valence-corrected chi connectivity index (χ3v) is 1.31. The lowest BCUT2D eigenvalue weighted by atomic mass is 10.2. The highest BCUT2D eigenvalue weighted by Crippen LogP contribution is 1.96. The molecule has 0 rings (SSSR count). The highest BCUT2D eigenvalue weighted by Gasteiger charge is 1.99. The highest BCUT2D eigenvalue weighted by atomic mass is 16.5. The van der Waals surface area contributed by atoms with Gasteiger partial charge < -0.3 is 9.84 Å². The van der Waals surface area contributed by atoms with Gasteiger partial charge in [-0.15, -0.1) is 11.8 Å². The lowest BCUT2D eigenvalue weighted by molar-refractivity contribution is 0.0909. The maximum atomic E-state index is 9.22. The summed E-state index contributed by atoms with van der Waals surface area (Å²) >= 11 is 0. The Labute approximate surface area is 68.6 Å². The fourth-order valence-electron chi connectivity index (χ4n) is 0.686. The molecule has 0 amide bonds. The van der Waals surface area contributed by atoms with Crippen LogP contribution in [0.25, 0.3) is 0 Å². The zero-order valence-corrected chi connectivity index (χ0v) is 7.26. The third kappa shape index (κ3) is 7.38. The summed E-state index contributed by atoms with van der Waals surface area (Å²) in [5.74, 6) is 5.56. The van der Waals surface area contributed by atoms with Crippen LogP contribution in [0.4, 0.5) is 0 Å². The molecule has 2 nitrogen and oxygen atoms in total. The van der Waals surface area contributed by atoms with Crippen molar-refractivity contribution in [2.24, 2.45) is 0 Å². The minimum absolute atomic E-state index is 0.325. The number of ether oxygens (including phenoxy) is 1. The van der Waals surface area contributed by atoms with Crippen molar-refractivity contribution in [3.8, 4) is 11.8 Å². The van der Waals surface area contributed by atoms with Crippen LogP contribution in [0.5, 0.6) is 0 Å². The summed E-state index contributed by atoms with van der Waals surface area (Å²) < 4.78 is 5.08. The minimum Gasteiger partial charge on any atom is -0.392 e. The standard InChI is InChI=1S/C9H16O2/c1-3-5-6-9(10)7-8-11-4-2/h9-10H,4,6-8H2,1-2H3. The van der Waals surface area contributed by atoms with Crippen molar-refractivity contribution >= 4 is 0 Å². The van der Waals surface area contributed by atoms with E-state index in [1.165, 1.54) is 0 Å². The number of aliphatic hydroxyl groups is 1. The van der Waals surface area contributed by atoms with Crippen molar-refractivity contribution in [3.63, 3.8) is 0 Å². The Bertz CT molecular complexity index is 132. The van der Waals surface area contributed by atoms with Gasteiger partial charge in [-0.25, -0.2) is 0 Å². The van der Waals surface area contributed by atoms with Crippen LogP contribution in [-0.2, 0) is 4.74 Å². The highest BCUT2D eigenvalue weighted by molar-refractivity contribution is 4.96. The molecule has 1 unspecified atom stereocenters. The van der Waals surface area contributed by atoms with Crippen LogP contribution in [0.1, 0.15) is 26.7 Å². The normalized spacial score (nSPS) is 11.9. The number of hydrogen-bond acceptors (Lipinski definition) is 2. The van der Waals surface area contributed by atoms with Gasteiger partial charge in [-0.3, -0.25) is 0 Å². The van der Waals surface area contributed by atoms with Gasteiger partial charge in [-0.2, -0.15) is 0 Å². The molecular formula is C9H16O2. The Balaban J connectivity index is 3.19. The molecule has 0 aromatic carbocycles. The van der Waals surface area contributed by atoms with E-state index in [2.05, 4.69) is 11.8 Å². The molecule has 0 saturated heterocycles. The quantitative estimate of drug-likeness (QED) is 0.478. The molecule has 1 atom stereocenters. The van der Waals surface area contributed by atoms with E-state index in [4.69, 9.17) is 4.74 Å². The minimum atomic E-state index is -0.325. The average Bonchev–Trinajstić information content (AvgIpc) is 2.01. The SMILES string of the molecule is CC#CCC(O)CCOCC. The molecule has 0 aliphatic rings. The van der Waals surface area contributed by atoms with Gasteiger partial charge in [0.25, 0.3) is 0 Å². The van der Waals surface area contributed by atoms with Crippen LogP contribution in [-0.4, -0.2) is 24.4 Å². The van der Waals surface area contributed by atoms with Gasteiger partial charge in [-0.05, 0) is 20.3 Å². The summed E-state index contributed by atoms with van der Waals surface area (Å²) in [6, 6.07) is 0. The molecule has 0 spiro atoms. The van der Waals surface area contributed by atoms with Crippen LogP contribution in [0, 0.1) is 11.8 Å². The Morgan fingerprint density at radius 3 is 2.82 bits per heavy atom. The monoisotopic (exact) mass is 156 g/mol. The molecule has 1 N–H and O–H groups in total. The maximum absolute atomic E-state index is 9.22. The van der Waals surface area contributed by atoms with E-state index in [1.807, 2.05) is 6.92 Å². The average molecular weight is 156 g/mol. The molecule has 0 bridgehead atoms. The third-order valence-electron chi connectivity index (χ3n) is 1.31. The van der Waals surface area contributed by atoms with Crippen molar-refractivity contribution < 1.29 is 9.84 Å². The fraction of sp³-hybridized carbons (Fsp3) is 0.778. The van der Waals surface area contributed by atoms with E-state index < -0.39 is 0 Å². The van der Waals surface area contributed by atoms with Gasteiger partial charge in [0, 0.05) is 19.6 Å². The number of aliphatic hydroxyl groups excluding tert-OH is 1. The maximum Gasteiger partial charge on any atom is 0.0671 e. The molecule has 0 aliphatic carbocycles. The molecular weight excluding hydrogens is 140 g/mol. The smallest absolute Gasteiger partial charge is 0.0671 e. The molecule has 0 heterocycles. The Morgan fingerprint density at radius 2 is 2.27 bits per heavy atom. The van der Waals surface area contributed by atoms with Gasteiger partial charge in [0.05, 0.1) is 6.10 Å². The molecule has 11 heavy (non-hydrogen) atoms. The van der Waals surface area contributed by atoms with Crippen LogP contribution in [0.3, 0.4) is 0 Å². The van der Waals surface area contributed by atoms with E-state index in [9.17, 15) is 5.11 Å². The molecule has 0 radical (unpaired) electrons. The van der Waals surface area contributed by atoms with Gasteiger partial charge in [0.15, 0.2) is 0 Å². The zero-order valence-electron chi connectivity index (χ0n) is 7.26. The molecule has 2 heteroatoms. The number of rotatable bonds is 5. The Morgan fingerprint density at radius 1 is 1.55 bits per heavy atom. The predicted octanol–water partition coefficient (Wildman–Crippen LogP) is 1.19. The van der Waals surface area contributed by atoms with Crippen LogP contribution < -0.4 is 0 Å². The van der Waals surface area contributed by atoms with E-state index in [0.29, 0.717) is 26.1 Å². The summed E-state index contributed by atoms with van der Waals surface area (Å²) in [6.07, 6.45) is 0.917. The molecule has 0 saturated carbocycles. The van der Waals surface area contributed by atoms with Gasteiger partial charge in [0.2, 0.25) is 0 Å². The van der Waals surface area contributed by atoms with E-state index in [1.54, 1.807) is 6.92 Å². The lowest BCUT2D eigenvalue weighted by Gasteiger charge is -2.05. The Hall–Kier alpha value is -0.520. The van der Waals surface area contributed by atoms with E-state index in [0.717, 1.165) is 0 Å². The number of hydrogen-bond donors (Lipinski definition) is 1.